The topological polar surface area (TPSA) is 59.4 Å². The molecule has 0 aliphatic heterocycles. The average molecular weight is 353 g/mol. The number of halogens is 2. The number of H-pyrrole nitrogens is 1. The molecule has 1 aromatic carbocycles. The molecule has 0 radical (unpaired) electrons. The summed E-state index contributed by atoms with van der Waals surface area (Å²) in [5.74, 6) is -0.771. The second-order valence-electron chi connectivity index (χ2n) is 6.37. The Bertz CT molecular complexity index is 1030. The molecule has 0 saturated heterocycles. The quantitative estimate of drug-likeness (QED) is 0.590. The smallest absolute Gasteiger partial charge is 0.145 e. The minimum Gasteiger partial charge on any atom is -0.344 e. The Morgan fingerprint density at radius 1 is 1.08 bits per heavy atom. The van der Waals surface area contributed by atoms with Crippen LogP contribution in [0.4, 0.5) is 8.78 Å². The first-order valence-electron chi connectivity index (χ1n) is 8.36. The normalized spacial score (nSPS) is 12.6. The van der Waals surface area contributed by atoms with Crippen LogP contribution in [0.3, 0.4) is 0 Å². The van der Waals surface area contributed by atoms with Gasteiger partial charge in [0.1, 0.15) is 23.0 Å². The van der Waals surface area contributed by atoms with E-state index in [1.807, 2.05) is 6.07 Å². The Labute approximate surface area is 148 Å². The van der Waals surface area contributed by atoms with E-state index in [1.165, 1.54) is 18.2 Å². The van der Waals surface area contributed by atoms with Crippen molar-refractivity contribution in [2.45, 2.75) is 19.9 Å². The van der Waals surface area contributed by atoms with Gasteiger partial charge in [-0.25, -0.2) is 18.7 Å². The van der Waals surface area contributed by atoms with Crippen LogP contribution in [0.2, 0.25) is 0 Å². The summed E-state index contributed by atoms with van der Waals surface area (Å²) in [5, 5.41) is 0. The van der Waals surface area contributed by atoms with E-state index in [9.17, 15) is 8.78 Å². The Hall–Kier alpha value is -3.09. The lowest BCUT2D eigenvalue weighted by molar-refractivity contribution is 0.477. The Kier molecular flexibility index (Phi) is 4.20. The highest BCUT2D eigenvalue weighted by Crippen LogP contribution is 2.26. The zero-order valence-corrected chi connectivity index (χ0v) is 14.2. The van der Waals surface area contributed by atoms with Gasteiger partial charge < -0.3 is 9.55 Å². The lowest BCUT2D eigenvalue weighted by atomic mass is 10.0. The molecule has 0 fully saturated rings. The Morgan fingerprint density at radius 2 is 1.88 bits per heavy atom. The van der Waals surface area contributed by atoms with Gasteiger partial charge in [0, 0.05) is 25.1 Å². The zero-order valence-electron chi connectivity index (χ0n) is 14.2. The highest BCUT2D eigenvalue weighted by Gasteiger charge is 2.18. The molecule has 7 heteroatoms. The number of fused-ring (bicyclic) bond motifs is 1. The van der Waals surface area contributed by atoms with E-state index < -0.39 is 11.6 Å². The molecule has 4 aromatic rings. The van der Waals surface area contributed by atoms with Gasteiger partial charge in [-0.1, -0.05) is 13.0 Å². The van der Waals surface area contributed by atoms with E-state index in [0.29, 0.717) is 18.8 Å². The van der Waals surface area contributed by atoms with Gasteiger partial charge in [-0.15, -0.1) is 0 Å². The molecule has 26 heavy (non-hydrogen) atoms. The molecule has 0 spiro atoms. The standard InChI is InChI=1S/C19H17F2N5/c1-12(9-16-18-15(5-6-22-16)24-11-25-18)10-26-8-7-23-19(26)17-13(20)3-2-4-14(17)21/h2-8,11-12H,9-10H2,1H3,(H,24,25). The summed E-state index contributed by atoms with van der Waals surface area (Å²) < 4.78 is 30.0. The average Bonchev–Trinajstić information content (AvgIpc) is 3.25. The number of aromatic amines is 1. The van der Waals surface area contributed by atoms with Crippen molar-refractivity contribution in [2.75, 3.05) is 0 Å². The Morgan fingerprint density at radius 3 is 2.69 bits per heavy atom. The molecule has 0 aliphatic carbocycles. The van der Waals surface area contributed by atoms with Crippen molar-refractivity contribution >= 4 is 11.0 Å². The minimum absolute atomic E-state index is 0.0998. The van der Waals surface area contributed by atoms with Gasteiger partial charge in [0.25, 0.3) is 0 Å². The summed E-state index contributed by atoms with van der Waals surface area (Å²) in [4.78, 5) is 16.0. The molecular weight excluding hydrogens is 336 g/mol. The number of aromatic nitrogens is 5. The van der Waals surface area contributed by atoms with Crippen molar-refractivity contribution < 1.29 is 8.78 Å². The largest absolute Gasteiger partial charge is 0.344 e. The molecule has 5 nitrogen and oxygen atoms in total. The van der Waals surface area contributed by atoms with Gasteiger partial charge in [0.2, 0.25) is 0 Å². The third-order valence-corrected chi connectivity index (χ3v) is 4.37. The fourth-order valence-corrected chi connectivity index (χ4v) is 3.20. The Balaban J connectivity index is 1.59. The van der Waals surface area contributed by atoms with Gasteiger partial charge in [0.15, 0.2) is 0 Å². The summed E-state index contributed by atoms with van der Waals surface area (Å²) in [6, 6.07) is 5.71. The van der Waals surface area contributed by atoms with Gasteiger partial charge in [0.05, 0.1) is 23.1 Å². The molecule has 3 heterocycles. The predicted molar refractivity (Wildman–Crippen MR) is 94.3 cm³/mol. The van der Waals surface area contributed by atoms with Gasteiger partial charge in [-0.2, -0.15) is 0 Å². The van der Waals surface area contributed by atoms with Crippen LogP contribution in [0.5, 0.6) is 0 Å². The fourth-order valence-electron chi connectivity index (χ4n) is 3.20. The van der Waals surface area contributed by atoms with Crippen molar-refractivity contribution in [1.29, 1.82) is 0 Å². The summed E-state index contributed by atoms with van der Waals surface area (Å²) in [7, 11) is 0. The van der Waals surface area contributed by atoms with Crippen LogP contribution in [-0.4, -0.2) is 24.5 Å². The molecule has 0 aliphatic rings. The number of nitrogens with one attached hydrogen (secondary N) is 1. The van der Waals surface area contributed by atoms with E-state index >= 15 is 0 Å². The first-order valence-corrected chi connectivity index (χ1v) is 8.36. The van der Waals surface area contributed by atoms with Crippen LogP contribution in [0.1, 0.15) is 12.6 Å². The molecule has 1 N–H and O–H groups in total. The van der Waals surface area contributed by atoms with Crippen molar-refractivity contribution in [1.82, 2.24) is 24.5 Å². The molecule has 0 saturated carbocycles. The number of benzene rings is 1. The van der Waals surface area contributed by atoms with Crippen LogP contribution >= 0.6 is 0 Å². The van der Waals surface area contributed by atoms with Crippen LogP contribution in [0, 0.1) is 17.6 Å². The van der Waals surface area contributed by atoms with Crippen molar-refractivity contribution in [3.8, 4) is 11.4 Å². The lowest BCUT2D eigenvalue weighted by Gasteiger charge is -2.15. The summed E-state index contributed by atoms with van der Waals surface area (Å²) >= 11 is 0. The number of pyridine rings is 1. The maximum absolute atomic E-state index is 14.1. The van der Waals surface area contributed by atoms with E-state index in [1.54, 1.807) is 29.5 Å². The van der Waals surface area contributed by atoms with Gasteiger partial charge >= 0.3 is 0 Å². The number of hydrogen-bond acceptors (Lipinski definition) is 3. The molecule has 3 aromatic heterocycles. The maximum atomic E-state index is 14.1. The van der Waals surface area contributed by atoms with E-state index in [4.69, 9.17) is 0 Å². The first-order chi connectivity index (χ1) is 12.6. The summed E-state index contributed by atoms with van der Waals surface area (Å²) in [5.41, 5.74) is 2.59. The monoisotopic (exact) mass is 353 g/mol. The lowest BCUT2D eigenvalue weighted by Crippen LogP contribution is -2.12. The third-order valence-electron chi connectivity index (χ3n) is 4.37. The van der Waals surface area contributed by atoms with E-state index in [0.717, 1.165) is 16.7 Å². The van der Waals surface area contributed by atoms with E-state index in [-0.39, 0.29) is 11.5 Å². The molecule has 0 amide bonds. The second-order valence-corrected chi connectivity index (χ2v) is 6.37. The number of nitrogens with zero attached hydrogens (tertiary/aromatic N) is 4. The zero-order chi connectivity index (χ0) is 18.1. The van der Waals surface area contributed by atoms with Crippen LogP contribution in [-0.2, 0) is 13.0 Å². The SMILES string of the molecule is CC(Cc1nccc2[nH]cnc12)Cn1ccnc1-c1c(F)cccc1F. The number of rotatable bonds is 5. The summed E-state index contributed by atoms with van der Waals surface area (Å²) in [6.07, 6.45) is 7.38. The molecule has 1 unspecified atom stereocenters. The second kappa shape index (κ2) is 6.67. The third kappa shape index (κ3) is 2.96. The highest BCUT2D eigenvalue weighted by atomic mass is 19.1. The molecule has 4 rings (SSSR count). The summed E-state index contributed by atoms with van der Waals surface area (Å²) in [6.45, 7) is 2.63. The number of hydrogen-bond donors (Lipinski definition) is 1. The van der Waals surface area contributed by atoms with Gasteiger partial charge in [-0.05, 0) is 30.5 Å². The van der Waals surface area contributed by atoms with Crippen LogP contribution in [0.25, 0.3) is 22.4 Å². The van der Waals surface area contributed by atoms with Crippen LogP contribution < -0.4 is 0 Å². The van der Waals surface area contributed by atoms with Crippen molar-refractivity contribution in [3.05, 3.63) is 66.5 Å². The van der Waals surface area contributed by atoms with Crippen molar-refractivity contribution in [3.63, 3.8) is 0 Å². The van der Waals surface area contributed by atoms with Crippen molar-refractivity contribution in [2.24, 2.45) is 5.92 Å². The molecule has 1 atom stereocenters. The van der Waals surface area contributed by atoms with Gasteiger partial charge in [-0.3, -0.25) is 4.98 Å². The highest BCUT2D eigenvalue weighted by molar-refractivity contribution is 5.76. The fraction of sp³-hybridized carbons (Fsp3) is 0.211. The minimum atomic E-state index is -0.618. The van der Waals surface area contributed by atoms with E-state index in [2.05, 4.69) is 26.9 Å². The first kappa shape index (κ1) is 16.4. The number of imidazole rings is 2. The predicted octanol–water partition coefficient (Wildman–Crippen LogP) is 3.98. The van der Waals surface area contributed by atoms with Crippen LogP contribution in [0.15, 0.2) is 49.2 Å². The molecule has 132 valence electrons. The molecule has 0 bridgehead atoms. The maximum Gasteiger partial charge on any atom is 0.145 e. The molecular formula is C19H17F2N5.